The third-order valence-corrected chi connectivity index (χ3v) is 4.59. The molecule has 1 aromatic rings. The first-order valence-electron chi connectivity index (χ1n) is 6.22. The van der Waals surface area contributed by atoms with Crippen LogP contribution in [0.4, 0.5) is 0 Å². The SMILES string of the molecule is COCc1ccc(S[C@@H]2CCCC[C@H]2O)cc1. The lowest BCUT2D eigenvalue weighted by Crippen LogP contribution is -2.26. The molecule has 1 aliphatic rings. The summed E-state index contributed by atoms with van der Waals surface area (Å²) in [5.41, 5.74) is 1.20. The Hall–Kier alpha value is -0.510. The minimum Gasteiger partial charge on any atom is -0.392 e. The molecule has 1 aliphatic carbocycles. The second-order valence-corrected chi connectivity index (χ2v) is 5.90. The van der Waals surface area contributed by atoms with E-state index in [4.69, 9.17) is 4.74 Å². The molecule has 0 aromatic heterocycles. The second-order valence-electron chi connectivity index (χ2n) is 4.59. The van der Waals surface area contributed by atoms with E-state index in [1.165, 1.54) is 23.3 Å². The molecule has 0 radical (unpaired) electrons. The zero-order chi connectivity index (χ0) is 12.1. The molecule has 1 N–H and O–H groups in total. The molecule has 2 rings (SSSR count). The highest BCUT2D eigenvalue weighted by Crippen LogP contribution is 2.33. The van der Waals surface area contributed by atoms with E-state index in [1.807, 2.05) is 11.8 Å². The highest BCUT2D eigenvalue weighted by atomic mass is 32.2. The van der Waals surface area contributed by atoms with Crippen molar-refractivity contribution in [3.8, 4) is 0 Å². The van der Waals surface area contributed by atoms with Crippen molar-refractivity contribution in [3.05, 3.63) is 29.8 Å². The quantitative estimate of drug-likeness (QED) is 0.892. The van der Waals surface area contributed by atoms with Crippen LogP contribution in [-0.2, 0) is 11.3 Å². The van der Waals surface area contributed by atoms with Crippen LogP contribution in [0.1, 0.15) is 31.2 Å². The minimum absolute atomic E-state index is 0.132. The van der Waals surface area contributed by atoms with Gasteiger partial charge in [0.1, 0.15) is 0 Å². The first kappa shape index (κ1) is 12.9. The number of methoxy groups -OCH3 is 1. The van der Waals surface area contributed by atoms with E-state index in [1.54, 1.807) is 7.11 Å². The van der Waals surface area contributed by atoms with Crippen molar-refractivity contribution in [1.29, 1.82) is 0 Å². The summed E-state index contributed by atoms with van der Waals surface area (Å²) in [6.07, 6.45) is 4.37. The largest absolute Gasteiger partial charge is 0.392 e. The third kappa shape index (κ3) is 3.73. The summed E-state index contributed by atoms with van der Waals surface area (Å²) in [6.45, 7) is 0.664. The summed E-state index contributed by atoms with van der Waals surface area (Å²) in [4.78, 5) is 1.25. The summed E-state index contributed by atoms with van der Waals surface area (Å²) in [5.74, 6) is 0. The molecule has 0 saturated heterocycles. The van der Waals surface area contributed by atoms with Gasteiger partial charge < -0.3 is 9.84 Å². The molecule has 94 valence electrons. The smallest absolute Gasteiger partial charge is 0.0713 e. The number of aliphatic hydroxyl groups is 1. The fourth-order valence-corrected chi connectivity index (χ4v) is 3.44. The standard InChI is InChI=1S/C14H20O2S/c1-16-10-11-6-8-12(9-7-11)17-14-5-3-2-4-13(14)15/h6-9,13-15H,2-5,10H2,1H3/t13-,14-/m1/s1. The van der Waals surface area contributed by atoms with Gasteiger partial charge in [-0.05, 0) is 30.5 Å². The van der Waals surface area contributed by atoms with Gasteiger partial charge in [0.2, 0.25) is 0 Å². The molecule has 1 saturated carbocycles. The van der Waals surface area contributed by atoms with E-state index in [0.717, 1.165) is 12.8 Å². The number of hydrogen-bond acceptors (Lipinski definition) is 3. The van der Waals surface area contributed by atoms with Gasteiger partial charge in [-0.25, -0.2) is 0 Å². The summed E-state index contributed by atoms with van der Waals surface area (Å²) >= 11 is 1.81. The van der Waals surface area contributed by atoms with Crippen molar-refractivity contribution < 1.29 is 9.84 Å². The second kappa shape index (κ2) is 6.43. The molecular formula is C14H20O2S. The molecular weight excluding hydrogens is 232 g/mol. The number of hydrogen-bond donors (Lipinski definition) is 1. The van der Waals surface area contributed by atoms with Crippen LogP contribution in [0, 0.1) is 0 Å². The topological polar surface area (TPSA) is 29.5 Å². The number of ether oxygens (including phenoxy) is 1. The predicted octanol–water partition coefficient (Wildman–Crippen LogP) is 3.23. The summed E-state index contributed by atoms with van der Waals surface area (Å²) < 4.78 is 5.09. The first-order valence-corrected chi connectivity index (χ1v) is 7.10. The van der Waals surface area contributed by atoms with Crippen molar-refractivity contribution in [2.24, 2.45) is 0 Å². The van der Waals surface area contributed by atoms with Crippen LogP contribution >= 0.6 is 11.8 Å². The number of thioether (sulfide) groups is 1. The zero-order valence-corrected chi connectivity index (χ0v) is 11.1. The molecule has 0 amide bonds. The molecule has 0 spiro atoms. The zero-order valence-electron chi connectivity index (χ0n) is 10.3. The van der Waals surface area contributed by atoms with Gasteiger partial charge >= 0.3 is 0 Å². The van der Waals surface area contributed by atoms with E-state index >= 15 is 0 Å². The van der Waals surface area contributed by atoms with Gasteiger partial charge in [-0.15, -0.1) is 11.8 Å². The lowest BCUT2D eigenvalue weighted by Gasteiger charge is -2.26. The van der Waals surface area contributed by atoms with Crippen molar-refractivity contribution >= 4 is 11.8 Å². The highest BCUT2D eigenvalue weighted by molar-refractivity contribution is 8.00. The van der Waals surface area contributed by atoms with Crippen LogP contribution in [0.5, 0.6) is 0 Å². The van der Waals surface area contributed by atoms with Crippen LogP contribution < -0.4 is 0 Å². The molecule has 2 nitrogen and oxygen atoms in total. The Balaban J connectivity index is 1.93. The van der Waals surface area contributed by atoms with E-state index < -0.39 is 0 Å². The van der Waals surface area contributed by atoms with Crippen LogP contribution in [0.25, 0.3) is 0 Å². The van der Waals surface area contributed by atoms with Gasteiger partial charge in [-0.2, -0.15) is 0 Å². The van der Waals surface area contributed by atoms with E-state index in [-0.39, 0.29) is 6.10 Å². The maximum absolute atomic E-state index is 9.93. The van der Waals surface area contributed by atoms with E-state index in [2.05, 4.69) is 24.3 Å². The van der Waals surface area contributed by atoms with E-state index in [0.29, 0.717) is 11.9 Å². The van der Waals surface area contributed by atoms with E-state index in [9.17, 15) is 5.11 Å². The van der Waals surface area contributed by atoms with Gasteiger partial charge in [0.15, 0.2) is 0 Å². The molecule has 17 heavy (non-hydrogen) atoms. The van der Waals surface area contributed by atoms with Gasteiger partial charge in [0.25, 0.3) is 0 Å². The highest BCUT2D eigenvalue weighted by Gasteiger charge is 2.23. The van der Waals surface area contributed by atoms with Gasteiger partial charge in [-0.1, -0.05) is 25.0 Å². The average molecular weight is 252 g/mol. The van der Waals surface area contributed by atoms with Crippen molar-refractivity contribution in [3.63, 3.8) is 0 Å². The Bertz CT molecular complexity index is 337. The lowest BCUT2D eigenvalue weighted by atomic mass is 9.97. The normalized spacial score (nSPS) is 24.8. The van der Waals surface area contributed by atoms with Crippen molar-refractivity contribution in [2.75, 3.05) is 7.11 Å². The summed E-state index contributed by atoms with van der Waals surface area (Å²) in [7, 11) is 1.71. The summed E-state index contributed by atoms with van der Waals surface area (Å²) in [5, 5.41) is 10.3. The maximum atomic E-state index is 9.93. The van der Waals surface area contributed by atoms with Crippen molar-refractivity contribution in [1.82, 2.24) is 0 Å². The Labute approximate surface area is 107 Å². The number of rotatable bonds is 4. The lowest BCUT2D eigenvalue weighted by molar-refractivity contribution is 0.137. The molecule has 3 heteroatoms. The van der Waals surface area contributed by atoms with Gasteiger partial charge in [0.05, 0.1) is 12.7 Å². The van der Waals surface area contributed by atoms with Gasteiger partial charge in [0, 0.05) is 17.3 Å². The molecule has 1 aromatic carbocycles. The minimum atomic E-state index is -0.132. The third-order valence-electron chi connectivity index (χ3n) is 3.19. The first-order chi connectivity index (χ1) is 8.29. The van der Waals surface area contributed by atoms with Crippen LogP contribution in [0.15, 0.2) is 29.2 Å². The fraction of sp³-hybridized carbons (Fsp3) is 0.571. The predicted molar refractivity (Wildman–Crippen MR) is 71.3 cm³/mol. The number of benzene rings is 1. The Morgan fingerprint density at radius 2 is 1.94 bits per heavy atom. The Morgan fingerprint density at radius 3 is 2.59 bits per heavy atom. The number of aliphatic hydroxyl groups excluding tert-OH is 1. The fourth-order valence-electron chi connectivity index (χ4n) is 2.22. The van der Waals surface area contributed by atoms with Crippen LogP contribution in [-0.4, -0.2) is 23.6 Å². The molecule has 0 unspecified atom stereocenters. The van der Waals surface area contributed by atoms with Crippen LogP contribution in [0.3, 0.4) is 0 Å². The summed E-state index contributed by atoms with van der Waals surface area (Å²) in [6, 6.07) is 8.45. The Morgan fingerprint density at radius 1 is 1.24 bits per heavy atom. The molecule has 0 heterocycles. The molecule has 2 atom stereocenters. The maximum Gasteiger partial charge on any atom is 0.0713 e. The Kier molecular flexibility index (Phi) is 4.89. The van der Waals surface area contributed by atoms with Crippen LogP contribution in [0.2, 0.25) is 0 Å². The monoisotopic (exact) mass is 252 g/mol. The molecule has 0 aliphatic heterocycles. The van der Waals surface area contributed by atoms with Crippen molar-refractivity contribution in [2.45, 2.75) is 48.5 Å². The average Bonchev–Trinajstić information content (AvgIpc) is 2.35. The molecule has 1 fully saturated rings. The van der Waals surface area contributed by atoms with Gasteiger partial charge in [-0.3, -0.25) is 0 Å². The molecule has 0 bridgehead atoms.